The molecule has 0 unspecified atom stereocenters. The van der Waals surface area contributed by atoms with Crippen LogP contribution in [0.15, 0.2) is 36.4 Å². The van der Waals surface area contributed by atoms with Gasteiger partial charge in [0.1, 0.15) is 41.1 Å². The molecule has 2 heterocycles. The Labute approximate surface area is 193 Å². The molecule has 0 radical (unpaired) electrons. The topological polar surface area (TPSA) is 168 Å². The molecule has 14 heteroatoms. The number of hydrogen-bond acceptors (Lipinski definition) is 10. The zero-order valence-electron chi connectivity index (χ0n) is 17.2. The fraction of sp³-hybridized carbons (Fsp3) is 0.368. The molecule has 0 saturated carbocycles. The number of nitrogens with zero attached hydrogens (tertiary/aromatic N) is 3. The van der Waals surface area contributed by atoms with Gasteiger partial charge in [0, 0.05) is 6.07 Å². The largest absolute Gasteiger partial charge is 0.494 e. The second-order valence-corrected chi connectivity index (χ2v) is 8.76. The van der Waals surface area contributed by atoms with Crippen LogP contribution >= 0.6 is 11.6 Å². The first-order valence-corrected chi connectivity index (χ1v) is 11.6. The molecule has 1 saturated heterocycles. The molecule has 0 aliphatic carbocycles. The predicted molar refractivity (Wildman–Crippen MR) is 115 cm³/mol. The number of ether oxygens (including phenoxy) is 3. The summed E-state index contributed by atoms with van der Waals surface area (Å²) in [5, 5.41) is 33.8. The SMILES string of the molecule is CCOc1ccc(Oc2cc3c(cc2Cl)nnn3[C@@H]2O[C@H](COS(N)(=O)=O)[C@@H](O)[C@H]2O)cc1. The number of benzene rings is 2. The predicted octanol–water partition coefficient (Wildman–Crippen LogP) is 1.11. The van der Waals surface area contributed by atoms with Crippen molar-refractivity contribution >= 4 is 32.9 Å². The standard InChI is InChI=1S/C19H21ClN4O8S/c1-2-29-10-3-5-11(6-4-10)31-15-8-14-13(7-12(15)20)22-23-24(14)19-18(26)17(25)16(32-19)9-30-33(21,27)28/h3-8,16-19,25-26H,2,9H2,1H3,(H2,21,27,28)/t16-,17-,18-,19-/m1/s1. The first kappa shape index (κ1) is 23.6. The normalized spacial score (nSPS) is 23.2. The van der Waals surface area contributed by atoms with Gasteiger partial charge in [0.15, 0.2) is 6.23 Å². The summed E-state index contributed by atoms with van der Waals surface area (Å²) in [7, 11) is -4.25. The van der Waals surface area contributed by atoms with E-state index < -0.39 is 41.5 Å². The fourth-order valence-corrected chi connectivity index (χ4v) is 3.86. The highest BCUT2D eigenvalue weighted by molar-refractivity contribution is 7.84. The molecule has 4 N–H and O–H groups in total. The maximum absolute atomic E-state index is 11.0. The third-order valence-electron chi connectivity index (χ3n) is 4.86. The van der Waals surface area contributed by atoms with E-state index in [1.807, 2.05) is 6.92 Å². The molecule has 4 rings (SSSR count). The second-order valence-electron chi connectivity index (χ2n) is 7.14. The first-order chi connectivity index (χ1) is 15.7. The van der Waals surface area contributed by atoms with E-state index >= 15 is 0 Å². The van der Waals surface area contributed by atoms with Gasteiger partial charge in [0.05, 0.1) is 23.8 Å². The van der Waals surface area contributed by atoms with E-state index in [0.29, 0.717) is 34.9 Å². The van der Waals surface area contributed by atoms with Crippen LogP contribution in [0.4, 0.5) is 0 Å². The van der Waals surface area contributed by atoms with Gasteiger partial charge in [-0.05, 0) is 37.3 Å². The number of aliphatic hydroxyl groups excluding tert-OH is 2. The summed E-state index contributed by atoms with van der Waals surface area (Å²) in [6.45, 7) is 1.84. The van der Waals surface area contributed by atoms with Gasteiger partial charge in [-0.3, -0.25) is 4.18 Å². The molecular formula is C19H21ClN4O8S. The minimum absolute atomic E-state index is 0.274. The highest BCUT2D eigenvalue weighted by atomic mass is 35.5. The molecule has 0 spiro atoms. The lowest BCUT2D eigenvalue weighted by Crippen LogP contribution is -2.35. The van der Waals surface area contributed by atoms with Crippen LogP contribution in [0.3, 0.4) is 0 Å². The summed E-state index contributed by atoms with van der Waals surface area (Å²) in [4.78, 5) is 0. The molecule has 12 nitrogen and oxygen atoms in total. The molecular weight excluding hydrogens is 480 g/mol. The molecule has 1 aliphatic heterocycles. The second kappa shape index (κ2) is 9.38. The van der Waals surface area contributed by atoms with Crippen LogP contribution < -0.4 is 14.6 Å². The van der Waals surface area contributed by atoms with Crippen LogP contribution in [0.2, 0.25) is 5.02 Å². The number of rotatable bonds is 8. The molecule has 33 heavy (non-hydrogen) atoms. The lowest BCUT2D eigenvalue weighted by atomic mass is 10.1. The van der Waals surface area contributed by atoms with Gasteiger partial charge < -0.3 is 24.4 Å². The van der Waals surface area contributed by atoms with Crippen LogP contribution in [0.25, 0.3) is 11.0 Å². The van der Waals surface area contributed by atoms with E-state index in [1.54, 1.807) is 30.3 Å². The Hall–Kier alpha value is -2.52. The summed E-state index contributed by atoms with van der Waals surface area (Å²) in [5.41, 5.74) is 0.776. The van der Waals surface area contributed by atoms with E-state index in [-0.39, 0.29) is 5.02 Å². The van der Waals surface area contributed by atoms with Crippen LogP contribution in [-0.2, 0) is 19.2 Å². The zero-order chi connectivity index (χ0) is 23.8. The van der Waals surface area contributed by atoms with Crippen molar-refractivity contribution in [2.75, 3.05) is 13.2 Å². The van der Waals surface area contributed by atoms with Crippen molar-refractivity contribution in [1.82, 2.24) is 15.0 Å². The van der Waals surface area contributed by atoms with Crippen molar-refractivity contribution in [2.24, 2.45) is 5.14 Å². The monoisotopic (exact) mass is 500 g/mol. The molecule has 2 aromatic carbocycles. The summed E-state index contributed by atoms with van der Waals surface area (Å²) in [5.74, 6) is 1.49. The quantitative estimate of drug-likeness (QED) is 0.407. The number of aromatic nitrogens is 3. The van der Waals surface area contributed by atoms with Crippen LogP contribution in [0.1, 0.15) is 13.2 Å². The number of hydrogen-bond donors (Lipinski definition) is 3. The average Bonchev–Trinajstić information content (AvgIpc) is 3.28. The van der Waals surface area contributed by atoms with E-state index in [0.717, 1.165) is 0 Å². The Morgan fingerprint density at radius 2 is 1.88 bits per heavy atom. The first-order valence-electron chi connectivity index (χ1n) is 9.80. The minimum atomic E-state index is -4.25. The maximum Gasteiger partial charge on any atom is 0.333 e. The fourth-order valence-electron chi connectivity index (χ4n) is 3.33. The number of fused-ring (bicyclic) bond motifs is 1. The highest BCUT2D eigenvalue weighted by Gasteiger charge is 2.45. The van der Waals surface area contributed by atoms with Crippen LogP contribution in [0, 0.1) is 0 Å². The number of aliphatic hydroxyl groups is 2. The van der Waals surface area contributed by atoms with Gasteiger partial charge in [-0.25, -0.2) is 9.82 Å². The molecule has 1 aromatic heterocycles. The Bertz CT molecular complexity index is 1240. The molecule has 4 atom stereocenters. The Morgan fingerprint density at radius 1 is 1.18 bits per heavy atom. The van der Waals surface area contributed by atoms with Crippen LogP contribution in [-0.4, -0.2) is 65.2 Å². The van der Waals surface area contributed by atoms with E-state index in [2.05, 4.69) is 14.5 Å². The van der Waals surface area contributed by atoms with E-state index in [9.17, 15) is 18.6 Å². The van der Waals surface area contributed by atoms with Crippen molar-refractivity contribution in [1.29, 1.82) is 0 Å². The lowest BCUT2D eigenvalue weighted by Gasteiger charge is -2.16. The molecule has 0 bridgehead atoms. The summed E-state index contributed by atoms with van der Waals surface area (Å²) in [6, 6.07) is 10.0. The summed E-state index contributed by atoms with van der Waals surface area (Å²) >= 11 is 6.33. The zero-order valence-corrected chi connectivity index (χ0v) is 18.8. The van der Waals surface area contributed by atoms with Crippen LogP contribution in [0.5, 0.6) is 17.2 Å². The summed E-state index contributed by atoms with van der Waals surface area (Å²) in [6.07, 6.45) is -5.26. The van der Waals surface area contributed by atoms with Gasteiger partial charge in [-0.15, -0.1) is 5.10 Å². The van der Waals surface area contributed by atoms with E-state index in [1.165, 1.54) is 10.7 Å². The van der Waals surface area contributed by atoms with Gasteiger partial charge in [-0.2, -0.15) is 8.42 Å². The van der Waals surface area contributed by atoms with Gasteiger partial charge in [0.25, 0.3) is 0 Å². The average molecular weight is 501 g/mol. The highest BCUT2D eigenvalue weighted by Crippen LogP contribution is 2.36. The third-order valence-corrected chi connectivity index (χ3v) is 5.62. The lowest BCUT2D eigenvalue weighted by molar-refractivity contribution is -0.0532. The number of nitrogens with two attached hydrogens (primary N) is 1. The Morgan fingerprint density at radius 3 is 2.55 bits per heavy atom. The minimum Gasteiger partial charge on any atom is -0.494 e. The van der Waals surface area contributed by atoms with Crippen molar-refractivity contribution in [3.8, 4) is 17.2 Å². The third kappa shape index (κ3) is 5.19. The van der Waals surface area contributed by atoms with E-state index in [4.69, 9.17) is 31.0 Å². The molecule has 178 valence electrons. The molecule has 0 amide bonds. The van der Waals surface area contributed by atoms with Gasteiger partial charge in [-0.1, -0.05) is 16.8 Å². The maximum atomic E-state index is 11.0. The Kier molecular flexibility index (Phi) is 6.72. The van der Waals surface area contributed by atoms with Gasteiger partial charge in [0.2, 0.25) is 0 Å². The molecule has 3 aromatic rings. The molecule has 1 aliphatic rings. The Balaban J connectivity index is 1.59. The van der Waals surface area contributed by atoms with Crippen molar-refractivity contribution in [3.05, 3.63) is 41.4 Å². The van der Waals surface area contributed by atoms with Crippen molar-refractivity contribution < 1.29 is 37.0 Å². The molecule has 1 fully saturated rings. The van der Waals surface area contributed by atoms with Crippen molar-refractivity contribution in [2.45, 2.75) is 31.5 Å². The summed E-state index contributed by atoms with van der Waals surface area (Å²) < 4.78 is 44.6. The van der Waals surface area contributed by atoms with Gasteiger partial charge >= 0.3 is 10.3 Å². The number of halogens is 1. The smallest absolute Gasteiger partial charge is 0.333 e. The van der Waals surface area contributed by atoms with Crippen molar-refractivity contribution in [3.63, 3.8) is 0 Å².